The summed E-state index contributed by atoms with van der Waals surface area (Å²) in [4.78, 5) is 16.4. The van der Waals surface area contributed by atoms with Crippen LogP contribution in [0.4, 0.5) is 4.79 Å². The molecule has 0 aromatic rings. The second-order valence-corrected chi connectivity index (χ2v) is 6.23. The van der Waals surface area contributed by atoms with E-state index >= 15 is 0 Å². The van der Waals surface area contributed by atoms with Crippen molar-refractivity contribution in [2.45, 2.75) is 53.2 Å². The Morgan fingerprint density at radius 3 is 2.40 bits per heavy atom. The summed E-state index contributed by atoms with van der Waals surface area (Å²) in [6.07, 6.45) is 1.59. The van der Waals surface area contributed by atoms with Gasteiger partial charge in [-0.1, -0.05) is 30.6 Å². The maximum atomic E-state index is 12.1. The molecule has 6 heteroatoms. The van der Waals surface area contributed by atoms with Crippen LogP contribution in [0, 0.1) is 5.92 Å². The second-order valence-electron chi connectivity index (χ2n) is 6.23. The van der Waals surface area contributed by atoms with E-state index in [-0.39, 0.29) is 18.1 Å². The largest absolute Gasteiger partial charge is 0.444 e. The number of carbonyl (C=O) groups is 1. The molecular weight excluding hydrogens is 256 g/mol. The molecule has 0 fully saturated rings. The van der Waals surface area contributed by atoms with Gasteiger partial charge < -0.3 is 9.64 Å². The van der Waals surface area contributed by atoms with Crippen LogP contribution in [-0.2, 0) is 4.74 Å². The topological polar surface area (TPSA) is 78.3 Å². The quantitative estimate of drug-likeness (QED) is 0.329. The third-order valence-electron chi connectivity index (χ3n) is 2.65. The van der Waals surface area contributed by atoms with Gasteiger partial charge in [-0.15, -0.1) is 0 Å². The molecule has 114 valence electrons. The highest BCUT2D eigenvalue weighted by Crippen LogP contribution is 2.17. The van der Waals surface area contributed by atoms with E-state index in [2.05, 4.69) is 10.0 Å². The molecule has 0 saturated carbocycles. The fraction of sp³-hybridized carbons (Fsp3) is 0.786. The minimum Gasteiger partial charge on any atom is -0.444 e. The second kappa shape index (κ2) is 7.80. The number of nitrogens with zero attached hydrogens (tertiary/aromatic N) is 4. The number of likely N-dealkylation sites (N-methyl/N-ethyl adjacent to an activating group) is 1. The Kier molecular flexibility index (Phi) is 7.14. The Morgan fingerprint density at radius 2 is 2.00 bits per heavy atom. The molecule has 0 spiro atoms. The van der Waals surface area contributed by atoms with Crippen molar-refractivity contribution in [1.82, 2.24) is 4.90 Å². The van der Waals surface area contributed by atoms with Crippen LogP contribution in [-0.4, -0.2) is 36.2 Å². The van der Waals surface area contributed by atoms with Gasteiger partial charge in [0.1, 0.15) is 5.60 Å². The van der Waals surface area contributed by atoms with E-state index in [9.17, 15) is 4.79 Å². The number of hydrogen-bond acceptors (Lipinski definition) is 3. The maximum absolute atomic E-state index is 12.1. The van der Waals surface area contributed by atoms with Crippen LogP contribution in [0.3, 0.4) is 0 Å². The monoisotopic (exact) mass is 282 g/mol. The van der Waals surface area contributed by atoms with Crippen molar-refractivity contribution in [1.29, 1.82) is 0 Å². The van der Waals surface area contributed by atoms with E-state index in [1.165, 1.54) is 0 Å². The van der Waals surface area contributed by atoms with Crippen LogP contribution in [0.1, 0.15) is 41.5 Å². The van der Waals surface area contributed by atoms with Crippen molar-refractivity contribution in [3.63, 3.8) is 0 Å². The predicted molar refractivity (Wildman–Crippen MR) is 80.4 cm³/mol. The molecule has 0 rings (SSSR count). The maximum Gasteiger partial charge on any atom is 0.410 e. The van der Waals surface area contributed by atoms with Crippen LogP contribution >= 0.6 is 0 Å². The molecule has 0 bridgehead atoms. The number of azide groups is 1. The van der Waals surface area contributed by atoms with E-state index in [0.29, 0.717) is 6.54 Å². The normalized spacial score (nSPS) is 13.7. The zero-order chi connectivity index (χ0) is 15.9. The summed E-state index contributed by atoms with van der Waals surface area (Å²) >= 11 is 0. The van der Waals surface area contributed by atoms with Crippen molar-refractivity contribution in [2.24, 2.45) is 11.0 Å². The van der Waals surface area contributed by atoms with Crippen LogP contribution in [0.25, 0.3) is 10.4 Å². The van der Waals surface area contributed by atoms with Crippen LogP contribution in [0.15, 0.2) is 16.8 Å². The number of carbonyl (C=O) groups excluding carboxylic acids is 1. The average molecular weight is 282 g/mol. The van der Waals surface area contributed by atoms with Crippen molar-refractivity contribution in [3.8, 4) is 0 Å². The first-order valence-electron chi connectivity index (χ1n) is 6.72. The number of ether oxygens (including phenoxy) is 1. The summed E-state index contributed by atoms with van der Waals surface area (Å²) in [5, 5.41) is 3.53. The summed E-state index contributed by atoms with van der Waals surface area (Å²) in [5.74, 6) is 0.230. The van der Waals surface area contributed by atoms with E-state index in [4.69, 9.17) is 10.3 Å². The van der Waals surface area contributed by atoms with E-state index in [0.717, 1.165) is 5.57 Å². The molecule has 1 atom stereocenters. The SMILES string of the molecule is C/C(=C\[C@H](C(C)C)N(C)C(=O)OC(C)(C)C)CN=[N+]=[N-]. The van der Waals surface area contributed by atoms with Gasteiger partial charge in [-0.3, -0.25) is 0 Å². The molecule has 0 heterocycles. The molecule has 0 aliphatic carbocycles. The fourth-order valence-electron chi connectivity index (χ4n) is 1.69. The van der Waals surface area contributed by atoms with Crippen molar-refractivity contribution >= 4 is 6.09 Å². The van der Waals surface area contributed by atoms with Crippen LogP contribution < -0.4 is 0 Å². The summed E-state index contributed by atoms with van der Waals surface area (Å²) in [6, 6.07) is -0.0984. The van der Waals surface area contributed by atoms with Crippen LogP contribution in [0.2, 0.25) is 0 Å². The molecule has 0 unspecified atom stereocenters. The smallest absolute Gasteiger partial charge is 0.410 e. The van der Waals surface area contributed by atoms with Gasteiger partial charge in [-0.2, -0.15) is 0 Å². The molecule has 1 amide bonds. The Bertz CT molecular complexity index is 404. The highest BCUT2D eigenvalue weighted by molar-refractivity contribution is 5.68. The Labute approximate surface area is 121 Å². The lowest BCUT2D eigenvalue weighted by molar-refractivity contribution is 0.0223. The lowest BCUT2D eigenvalue weighted by atomic mass is 10.0. The first-order chi connectivity index (χ1) is 9.08. The first-order valence-corrected chi connectivity index (χ1v) is 6.72. The molecule has 20 heavy (non-hydrogen) atoms. The number of rotatable bonds is 5. The molecule has 0 aliphatic heterocycles. The van der Waals surface area contributed by atoms with Gasteiger partial charge in [0.25, 0.3) is 0 Å². The van der Waals surface area contributed by atoms with Crippen LogP contribution in [0.5, 0.6) is 0 Å². The third kappa shape index (κ3) is 7.04. The molecule has 0 aromatic heterocycles. The van der Waals surface area contributed by atoms with Gasteiger partial charge in [0.05, 0.1) is 6.04 Å². The number of hydrogen-bond donors (Lipinski definition) is 0. The van der Waals surface area contributed by atoms with E-state index < -0.39 is 5.60 Å². The molecule has 0 radical (unpaired) electrons. The molecule has 0 aliphatic rings. The lowest BCUT2D eigenvalue weighted by Crippen LogP contribution is -2.42. The van der Waals surface area contributed by atoms with Crippen molar-refractivity contribution in [3.05, 3.63) is 22.1 Å². The molecule has 0 N–H and O–H groups in total. The first kappa shape index (κ1) is 18.3. The Morgan fingerprint density at radius 1 is 1.45 bits per heavy atom. The van der Waals surface area contributed by atoms with Gasteiger partial charge in [-0.25, -0.2) is 4.79 Å². The standard InChI is InChI=1S/C14H26N4O2/c1-10(2)12(8-11(3)9-16-17-15)18(7)13(19)20-14(4,5)6/h8,10,12H,9H2,1-7H3/b11-8+/t12-/m1/s1. The number of amides is 1. The Balaban J connectivity index is 5.00. The zero-order valence-electron chi connectivity index (χ0n) is 13.5. The van der Waals surface area contributed by atoms with Gasteiger partial charge >= 0.3 is 6.09 Å². The molecule has 0 saturated heterocycles. The highest BCUT2D eigenvalue weighted by Gasteiger charge is 2.25. The summed E-state index contributed by atoms with van der Waals surface area (Å²) in [6.45, 7) is 11.8. The minimum atomic E-state index is -0.517. The average Bonchev–Trinajstić information content (AvgIpc) is 2.29. The van der Waals surface area contributed by atoms with Crippen molar-refractivity contribution < 1.29 is 9.53 Å². The highest BCUT2D eigenvalue weighted by atomic mass is 16.6. The van der Waals surface area contributed by atoms with Crippen molar-refractivity contribution in [2.75, 3.05) is 13.6 Å². The zero-order valence-corrected chi connectivity index (χ0v) is 13.5. The summed E-state index contributed by atoms with van der Waals surface area (Å²) in [5.41, 5.74) is 8.74. The molecule has 0 aromatic carbocycles. The van der Waals surface area contributed by atoms with Gasteiger partial charge in [-0.05, 0) is 39.1 Å². The van der Waals surface area contributed by atoms with Gasteiger partial charge in [0.2, 0.25) is 0 Å². The Hall–Kier alpha value is -1.68. The van der Waals surface area contributed by atoms with E-state index in [1.54, 1.807) is 11.9 Å². The summed E-state index contributed by atoms with van der Waals surface area (Å²) < 4.78 is 5.37. The van der Waals surface area contributed by atoms with Gasteiger partial charge in [0.15, 0.2) is 0 Å². The minimum absolute atomic E-state index is 0.0984. The molecule has 6 nitrogen and oxygen atoms in total. The predicted octanol–water partition coefficient (Wildman–Crippen LogP) is 4.13. The fourth-order valence-corrected chi connectivity index (χ4v) is 1.69. The summed E-state index contributed by atoms with van der Waals surface area (Å²) in [7, 11) is 1.72. The van der Waals surface area contributed by atoms with Gasteiger partial charge in [0, 0.05) is 18.5 Å². The third-order valence-corrected chi connectivity index (χ3v) is 2.65. The lowest BCUT2D eigenvalue weighted by Gasteiger charge is -2.31. The van der Waals surface area contributed by atoms with E-state index in [1.807, 2.05) is 47.6 Å². The molecular formula is C14H26N4O2.